The van der Waals surface area contributed by atoms with E-state index in [1.807, 2.05) is 12.1 Å². The van der Waals surface area contributed by atoms with Gasteiger partial charge in [0, 0.05) is 5.41 Å². The molecular weight excluding hydrogens is 368 g/mol. The van der Waals surface area contributed by atoms with Gasteiger partial charge in [0.25, 0.3) is 0 Å². The zero-order valence-corrected chi connectivity index (χ0v) is 18.6. The zero-order valence-electron chi connectivity index (χ0n) is 18.6. The van der Waals surface area contributed by atoms with Crippen LogP contribution < -0.4 is 0 Å². The third-order valence-electron chi connectivity index (χ3n) is 8.31. The molecule has 5 rings (SSSR count). The van der Waals surface area contributed by atoms with Crippen LogP contribution in [-0.2, 0) is 16.2 Å². The number of allylic oxidation sites excluding steroid dienone is 1. The fourth-order valence-corrected chi connectivity index (χ4v) is 6.15. The molecular formula is C28H32O2. The molecule has 30 heavy (non-hydrogen) atoms. The van der Waals surface area contributed by atoms with E-state index in [9.17, 15) is 4.79 Å². The van der Waals surface area contributed by atoms with Crippen LogP contribution >= 0.6 is 0 Å². The lowest BCUT2D eigenvalue weighted by Gasteiger charge is -2.42. The normalized spacial score (nSPS) is 29.3. The van der Waals surface area contributed by atoms with Crippen molar-refractivity contribution in [2.75, 3.05) is 0 Å². The second-order valence-electron chi connectivity index (χ2n) is 11.0. The first-order valence-electron chi connectivity index (χ1n) is 11.3. The van der Waals surface area contributed by atoms with Crippen molar-refractivity contribution in [1.29, 1.82) is 0 Å². The molecule has 2 fully saturated rings. The van der Waals surface area contributed by atoms with E-state index in [-0.39, 0.29) is 16.2 Å². The van der Waals surface area contributed by atoms with Gasteiger partial charge in [-0.05, 0) is 83.2 Å². The lowest BCUT2D eigenvalue weighted by molar-refractivity contribution is 0.0697. The Morgan fingerprint density at radius 1 is 0.967 bits per heavy atom. The topological polar surface area (TPSA) is 37.3 Å². The average Bonchev–Trinajstić information content (AvgIpc) is 3.35. The van der Waals surface area contributed by atoms with Gasteiger partial charge in [0.2, 0.25) is 0 Å². The lowest BCUT2D eigenvalue weighted by atomic mass is 9.62. The summed E-state index contributed by atoms with van der Waals surface area (Å²) in [6, 6.07) is 14.7. The smallest absolute Gasteiger partial charge is 0.335 e. The molecule has 0 spiro atoms. The minimum absolute atomic E-state index is 0.207. The summed E-state index contributed by atoms with van der Waals surface area (Å²) in [7, 11) is 0. The monoisotopic (exact) mass is 400 g/mol. The molecule has 0 saturated heterocycles. The van der Waals surface area contributed by atoms with E-state index in [2.05, 4.69) is 52.0 Å². The standard InChI is InChI=1S/C28H32O2/c1-26(2)13-14-27(3,4)24-16-21(11-12-23(24)26)28-17-22(28)10-9-20(28)15-18-5-7-19(8-6-18)25(29)30/h5-8,11-12,15-16,22H,9-10,13-14,17H2,1-4H3,(H,29,30)/b20-15+. The second kappa shape index (κ2) is 6.33. The number of hydrogen-bond acceptors (Lipinski definition) is 1. The van der Waals surface area contributed by atoms with Crippen LogP contribution in [0.25, 0.3) is 6.08 Å². The van der Waals surface area contributed by atoms with Gasteiger partial charge in [0.15, 0.2) is 0 Å². The van der Waals surface area contributed by atoms with Crippen molar-refractivity contribution in [3.63, 3.8) is 0 Å². The van der Waals surface area contributed by atoms with E-state index >= 15 is 0 Å². The number of benzene rings is 2. The van der Waals surface area contributed by atoms with E-state index in [1.54, 1.807) is 17.7 Å². The molecule has 2 heteroatoms. The van der Waals surface area contributed by atoms with E-state index in [0.717, 1.165) is 17.9 Å². The zero-order chi connectivity index (χ0) is 21.3. The maximum absolute atomic E-state index is 11.2. The first-order chi connectivity index (χ1) is 14.1. The van der Waals surface area contributed by atoms with E-state index in [0.29, 0.717) is 5.56 Å². The SMILES string of the molecule is CC1(C)CCC(C)(C)c2cc(C34CC3CC/C4=C\c3ccc(C(=O)O)cc3)ccc21. The number of aromatic carboxylic acids is 1. The number of rotatable bonds is 3. The molecule has 2 atom stereocenters. The van der Waals surface area contributed by atoms with Crippen LogP contribution in [0.5, 0.6) is 0 Å². The van der Waals surface area contributed by atoms with Crippen LogP contribution in [0.4, 0.5) is 0 Å². The highest BCUT2D eigenvalue weighted by atomic mass is 16.4. The molecule has 0 amide bonds. The summed E-state index contributed by atoms with van der Waals surface area (Å²) in [4.78, 5) is 11.2. The summed E-state index contributed by atoms with van der Waals surface area (Å²) in [5, 5.41) is 9.16. The number of carboxylic acid groups (broad SMARTS) is 1. The van der Waals surface area contributed by atoms with Crippen LogP contribution in [0, 0.1) is 5.92 Å². The van der Waals surface area contributed by atoms with Gasteiger partial charge in [0.05, 0.1) is 5.56 Å². The van der Waals surface area contributed by atoms with Crippen molar-refractivity contribution in [3.8, 4) is 0 Å². The van der Waals surface area contributed by atoms with Crippen LogP contribution in [-0.4, -0.2) is 11.1 Å². The molecule has 3 aliphatic carbocycles. The molecule has 2 unspecified atom stereocenters. The Balaban J connectivity index is 1.55. The largest absolute Gasteiger partial charge is 0.478 e. The molecule has 0 radical (unpaired) electrons. The van der Waals surface area contributed by atoms with Gasteiger partial charge in [-0.25, -0.2) is 4.79 Å². The minimum Gasteiger partial charge on any atom is -0.478 e. The third-order valence-corrected chi connectivity index (χ3v) is 8.31. The maximum Gasteiger partial charge on any atom is 0.335 e. The highest BCUT2D eigenvalue weighted by molar-refractivity contribution is 5.87. The van der Waals surface area contributed by atoms with Crippen LogP contribution in [0.15, 0.2) is 48.0 Å². The highest BCUT2D eigenvalue weighted by Gasteiger charge is 2.61. The molecule has 1 N–H and O–H groups in total. The maximum atomic E-state index is 11.2. The van der Waals surface area contributed by atoms with Gasteiger partial charge in [-0.2, -0.15) is 0 Å². The number of carbonyl (C=O) groups is 1. The summed E-state index contributed by atoms with van der Waals surface area (Å²) >= 11 is 0. The molecule has 0 bridgehead atoms. The van der Waals surface area contributed by atoms with Gasteiger partial charge in [0.1, 0.15) is 0 Å². The highest BCUT2D eigenvalue weighted by Crippen LogP contribution is 2.68. The quantitative estimate of drug-likeness (QED) is 0.610. The molecule has 2 saturated carbocycles. The number of fused-ring (bicyclic) bond motifs is 2. The number of carboxylic acids is 1. The van der Waals surface area contributed by atoms with Gasteiger partial charge in [-0.15, -0.1) is 0 Å². The summed E-state index contributed by atoms with van der Waals surface area (Å²) < 4.78 is 0. The van der Waals surface area contributed by atoms with Crippen molar-refractivity contribution in [1.82, 2.24) is 0 Å². The molecule has 3 aliphatic rings. The fraction of sp³-hybridized carbons (Fsp3) is 0.464. The molecule has 2 aromatic carbocycles. The first-order valence-corrected chi connectivity index (χ1v) is 11.3. The van der Waals surface area contributed by atoms with Crippen molar-refractivity contribution in [3.05, 3.63) is 75.9 Å². The predicted octanol–water partition coefficient (Wildman–Crippen LogP) is 6.87. The van der Waals surface area contributed by atoms with Crippen molar-refractivity contribution >= 4 is 12.0 Å². The van der Waals surface area contributed by atoms with Crippen molar-refractivity contribution in [2.45, 2.75) is 76.0 Å². The van der Waals surface area contributed by atoms with Gasteiger partial charge in [-0.3, -0.25) is 0 Å². The van der Waals surface area contributed by atoms with Crippen LogP contribution in [0.3, 0.4) is 0 Å². The average molecular weight is 401 g/mol. The Labute approximate surface area is 180 Å². The Morgan fingerprint density at radius 3 is 2.27 bits per heavy atom. The van der Waals surface area contributed by atoms with E-state index in [1.165, 1.54) is 42.4 Å². The lowest BCUT2D eigenvalue weighted by Crippen LogP contribution is -2.34. The summed E-state index contributed by atoms with van der Waals surface area (Å²) in [5.74, 6) is -0.104. The molecule has 0 aliphatic heterocycles. The molecule has 2 aromatic rings. The number of hydrogen-bond donors (Lipinski definition) is 1. The summed E-state index contributed by atoms with van der Waals surface area (Å²) in [5.41, 5.74) is 8.27. The Hall–Kier alpha value is -2.35. The van der Waals surface area contributed by atoms with Gasteiger partial charge >= 0.3 is 5.97 Å². The molecule has 2 nitrogen and oxygen atoms in total. The van der Waals surface area contributed by atoms with Crippen LogP contribution in [0.1, 0.15) is 92.4 Å². The van der Waals surface area contributed by atoms with E-state index < -0.39 is 5.97 Å². The first kappa shape index (κ1) is 19.6. The summed E-state index contributed by atoms with van der Waals surface area (Å²) in [6.45, 7) is 9.59. The van der Waals surface area contributed by atoms with Crippen molar-refractivity contribution < 1.29 is 9.90 Å². The Morgan fingerprint density at radius 2 is 1.63 bits per heavy atom. The second-order valence-corrected chi connectivity index (χ2v) is 11.0. The molecule has 0 heterocycles. The Kier molecular flexibility index (Phi) is 4.13. The fourth-order valence-electron chi connectivity index (χ4n) is 6.15. The summed E-state index contributed by atoms with van der Waals surface area (Å²) in [6.07, 6.45) is 8.49. The van der Waals surface area contributed by atoms with Gasteiger partial charge < -0.3 is 5.11 Å². The third kappa shape index (κ3) is 2.87. The van der Waals surface area contributed by atoms with Crippen molar-refractivity contribution in [2.24, 2.45) is 5.92 Å². The predicted molar refractivity (Wildman–Crippen MR) is 122 cm³/mol. The van der Waals surface area contributed by atoms with E-state index in [4.69, 9.17) is 5.11 Å². The van der Waals surface area contributed by atoms with Gasteiger partial charge in [-0.1, -0.05) is 69.7 Å². The Bertz CT molecular complexity index is 1050. The van der Waals surface area contributed by atoms with Crippen LogP contribution in [0.2, 0.25) is 0 Å². The molecule has 156 valence electrons. The molecule has 0 aromatic heterocycles. The minimum atomic E-state index is -0.867.